The minimum atomic E-state index is -0.943. The Bertz CT molecular complexity index is 899. The molecule has 0 saturated heterocycles. The second kappa shape index (κ2) is 10.7. The zero-order valence-corrected chi connectivity index (χ0v) is 15.4. The molecule has 2 N–H and O–H groups in total. The van der Waals surface area contributed by atoms with Gasteiger partial charge in [-0.1, -0.05) is 71.7 Å². The van der Waals surface area contributed by atoms with Gasteiger partial charge in [-0.25, -0.2) is 4.79 Å². The van der Waals surface area contributed by atoms with Crippen molar-refractivity contribution in [3.05, 3.63) is 89.3 Å². The predicted molar refractivity (Wildman–Crippen MR) is 103 cm³/mol. The molecule has 0 aliphatic rings. The van der Waals surface area contributed by atoms with Crippen LogP contribution >= 0.6 is 0 Å². The van der Waals surface area contributed by atoms with Crippen LogP contribution in [0.2, 0.25) is 0 Å². The lowest BCUT2D eigenvalue weighted by atomic mass is 10.1. The minimum absolute atomic E-state index is 0.0573. The van der Waals surface area contributed by atoms with E-state index in [4.69, 9.17) is 20.8 Å². The van der Waals surface area contributed by atoms with Crippen molar-refractivity contribution < 1.29 is 24.3 Å². The van der Waals surface area contributed by atoms with Crippen molar-refractivity contribution in [3.63, 3.8) is 0 Å². The van der Waals surface area contributed by atoms with Gasteiger partial charge >= 0.3 is 5.97 Å². The standard InChI is InChI=1S/C13H13NO4.C9H8O/c1-2-17-13(16)10-8-11(18-14-10)12(15)9-6-4-3-5-7-9;1-2-9(10)8-6-4-3-5-7-8/h3-8,12,15H,2H2,1H3;1,3-7,9-10H. The first kappa shape index (κ1) is 20.9. The number of hydrogen-bond acceptors (Lipinski definition) is 6. The Kier molecular flexibility index (Phi) is 7.97. The number of aliphatic hydroxyl groups is 2. The van der Waals surface area contributed by atoms with E-state index < -0.39 is 18.2 Å². The highest BCUT2D eigenvalue weighted by atomic mass is 16.5. The molecular formula is C22H21NO5. The van der Waals surface area contributed by atoms with Crippen LogP contribution in [0.15, 0.2) is 71.3 Å². The first-order valence-electron chi connectivity index (χ1n) is 8.62. The van der Waals surface area contributed by atoms with Gasteiger partial charge in [0.2, 0.25) is 0 Å². The Hall–Kier alpha value is -3.40. The van der Waals surface area contributed by atoms with E-state index in [1.54, 1.807) is 43.3 Å². The number of nitrogens with zero attached hydrogens (tertiary/aromatic N) is 1. The summed E-state index contributed by atoms with van der Waals surface area (Å²) in [7, 11) is 0. The normalized spacial score (nSPS) is 12.1. The molecule has 3 rings (SSSR count). The minimum Gasteiger partial charge on any atom is -0.461 e. The molecule has 28 heavy (non-hydrogen) atoms. The molecule has 0 aliphatic heterocycles. The van der Waals surface area contributed by atoms with Gasteiger partial charge in [-0.3, -0.25) is 0 Å². The molecular weight excluding hydrogens is 358 g/mol. The molecule has 0 spiro atoms. The van der Waals surface area contributed by atoms with Crippen LogP contribution in [0.3, 0.4) is 0 Å². The number of aromatic nitrogens is 1. The Morgan fingerprint density at radius 3 is 2.21 bits per heavy atom. The van der Waals surface area contributed by atoms with E-state index in [0.717, 1.165) is 5.56 Å². The van der Waals surface area contributed by atoms with Crippen LogP contribution in [0.4, 0.5) is 0 Å². The maximum Gasteiger partial charge on any atom is 0.360 e. The molecule has 1 aromatic heterocycles. The maximum absolute atomic E-state index is 11.4. The fraction of sp³-hybridized carbons (Fsp3) is 0.182. The number of rotatable bonds is 5. The lowest BCUT2D eigenvalue weighted by Gasteiger charge is -2.05. The highest BCUT2D eigenvalue weighted by Crippen LogP contribution is 2.22. The lowest BCUT2D eigenvalue weighted by Crippen LogP contribution is -2.04. The molecule has 3 aromatic rings. The average molecular weight is 379 g/mol. The fourth-order valence-electron chi connectivity index (χ4n) is 2.25. The highest BCUT2D eigenvalue weighted by Gasteiger charge is 2.19. The van der Waals surface area contributed by atoms with Crippen LogP contribution < -0.4 is 0 Å². The summed E-state index contributed by atoms with van der Waals surface area (Å²) in [5.41, 5.74) is 1.50. The molecule has 6 heteroatoms. The van der Waals surface area contributed by atoms with Gasteiger partial charge in [0.15, 0.2) is 11.5 Å². The zero-order chi connectivity index (χ0) is 20.4. The first-order chi connectivity index (χ1) is 13.6. The molecule has 0 radical (unpaired) electrons. The summed E-state index contributed by atoms with van der Waals surface area (Å²) in [6.45, 7) is 1.97. The summed E-state index contributed by atoms with van der Waals surface area (Å²) < 4.78 is 9.73. The Labute approximate surface area is 163 Å². The van der Waals surface area contributed by atoms with Gasteiger partial charge in [0.05, 0.1) is 6.61 Å². The van der Waals surface area contributed by atoms with E-state index >= 15 is 0 Å². The largest absolute Gasteiger partial charge is 0.461 e. The average Bonchev–Trinajstić information content (AvgIpc) is 3.25. The number of benzene rings is 2. The predicted octanol–water partition coefficient (Wildman–Crippen LogP) is 3.29. The van der Waals surface area contributed by atoms with Crippen molar-refractivity contribution in [2.75, 3.05) is 6.61 Å². The molecule has 1 heterocycles. The summed E-state index contributed by atoms with van der Waals surface area (Å²) in [5.74, 6) is 1.89. The summed E-state index contributed by atoms with van der Waals surface area (Å²) in [6, 6.07) is 19.5. The van der Waals surface area contributed by atoms with Crippen LogP contribution in [0, 0.1) is 12.3 Å². The van der Waals surface area contributed by atoms with Gasteiger partial charge in [-0.2, -0.15) is 0 Å². The molecule has 0 amide bonds. The van der Waals surface area contributed by atoms with E-state index in [2.05, 4.69) is 11.1 Å². The van der Waals surface area contributed by atoms with Crippen molar-refractivity contribution in [2.45, 2.75) is 19.1 Å². The van der Waals surface area contributed by atoms with E-state index in [1.807, 2.05) is 24.3 Å². The Morgan fingerprint density at radius 2 is 1.68 bits per heavy atom. The van der Waals surface area contributed by atoms with Crippen molar-refractivity contribution >= 4 is 5.97 Å². The van der Waals surface area contributed by atoms with Crippen LogP contribution in [0.1, 0.15) is 46.5 Å². The summed E-state index contributed by atoms with van der Waals surface area (Å²) >= 11 is 0. The summed E-state index contributed by atoms with van der Waals surface area (Å²) in [4.78, 5) is 11.4. The molecule has 0 saturated carbocycles. The van der Waals surface area contributed by atoms with Crippen LogP contribution in [0.5, 0.6) is 0 Å². The van der Waals surface area contributed by atoms with Crippen LogP contribution in [-0.2, 0) is 4.74 Å². The van der Waals surface area contributed by atoms with Gasteiger partial charge in [0.25, 0.3) is 0 Å². The number of aliphatic hydroxyl groups excluding tert-OH is 2. The third kappa shape index (κ3) is 5.81. The van der Waals surface area contributed by atoms with Crippen molar-refractivity contribution in [3.8, 4) is 12.3 Å². The van der Waals surface area contributed by atoms with Gasteiger partial charge < -0.3 is 19.5 Å². The lowest BCUT2D eigenvalue weighted by molar-refractivity contribution is 0.0514. The molecule has 0 bridgehead atoms. The number of carbonyl (C=O) groups excluding carboxylic acids is 1. The number of esters is 1. The third-order valence-corrected chi connectivity index (χ3v) is 3.67. The maximum atomic E-state index is 11.4. The second-order valence-electron chi connectivity index (χ2n) is 5.63. The molecule has 6 nitrogen and oxygen atoms in total. The summed E-state index contributed by atoms with van der Waals surface area (Å²) in [5, 5.41) is 22.7. The molecule has 0 fully saturated rings. The van der Waals surface area contributed by atoms with Crippen molar-refractivity contribution in [1.82, 2.24) is 5.16 Å². The van der Waals surface area contributed by atoms with Crippen LogP contribution in [-0.4, -0.2) is 27.9 Å². The van der Waals surface area contributed by atoms with Crippen molar-refractivity contribution in [2.24, 2.45) is 0 Å². The number of terminal acetylenes is 1. The van der Waals surface area contributed by atoms with E-state index in [1.165, 1.54) is 6.07 Å². The summed E-state index contributed by atoms with van der Waals surface area (Å²) in [6.07, 6.45) is 3.30. The Balaban J connectivity index is 0.000000237. The number of hydrogen-bond donors (Lipinski definition) is 2. The molecule has 0 aliphatic carbocycles. The van der Waals surface area contributed by atoms with Gasteiger partial charge in [-0.05, 0) is 18.1 Å². The van der Waals surface area contributed by atoms with Gasteiger partial charge in [0.1, 0.15) is 12.2 Å². The van der Waals surface area contributed by atoms with E-state index in [-0.39, 0.29) is 18.1 Å². The van der Waals surface area contributed by atoms with Crippen LogP contribution in [0.25, 0.3) is 0 Å². The first-order valence-corrected chi connectivity index (χ1v) is 8.62. The highest BCUT2D eigenvalue weighted by molar-refractivity contribution is 5.87. The second-order valence-corrected chi connectivity index (χ2v) is 5.63. The third-order valence-electron chi connectivity index (χ3n) is 3.67. The molecule has 2 unspecified atom stereocenters. The van der Waals surface area contributed by atoms with Gasteiger partial charge in [0, 0.05) is 6.07 Å². The topological polar surface area (TPSA) is 92.8 Å². The SMILES string of the molecule is C#CC(O)c1ccccc1.CCOC(=O)c1cc(C(O)c2ccccc2)on1. The van der Waals surface area contributed by atoms with E-state index in [9.17, 15) is 9.90 Å². The fourth-order valence-corrected chi connectivity index (χ4v) is 2.25. The number of carbonyl (C=O) groups is 1. The molecule has 2 atom stereocenters. The van der Waals surface area contributed by atoms with Crippen molar-refractivity contribution in [1.29, 1.82) is 0 Å². The smallest absolute Gasteiger partial charge is 0.360 e. The Morgan fingerprint density at radius 1 is 1.11 bits per heavy atom. The zero-order valence-electron chi connectivity index (χ0n) is 15.4. The molecule has 144 valence electrons. The van der Waals surface area contributed by atoms with E-state index in [0.29, 0.717) is 5.56 Å². The monoisotopic (exact) mass is 379 g/mol. The molecule has 2 aromatic carbocycles. The van der Waals surface area contributed by atoms with Gasteiger partial charge in [-0.15, -0.1) is 6.42 Å². The number of ether oxygens (including phenoxy) is 1. The quantitative estimate of drug-likeness (QED) is 0.522.